The summed E-state index contributed by atoms with van der Waals surface area (Å²) < 4.78 is 52.0. The first-order valence-corrected chi connectivity index (χ1v) is 6.99. The average molecular weight is 383 g/mol. The van der Waals surface area contributed by atoms with Crippen LogP contribution in [0, 0.1) is 5.82 Å². The van der Waals surface area contributed by atoms with Gasteiger partial charge in [-0.25, -0.2) is 4.39 Å². The molecule has 21 heavy (non-hydrogen) atoms. The van der Waals surface area contributed by atoms with Gasteiger partial charge < -0.3 is 5.32 Å². The van der Waals surface area contributed by atoms with Crippen molar-refractivity contribution >= 4 is 33.2 Å². The molecule has 0 spiro atoms. The van der Waals surface area contributed by atoms with Gasteiger partial charge in [0.1, 0.15) is 5.82 Å². The topological polar surface area (TPSA) is 12.0 Å². The summed E-state index contributed by atoms with van der Waals surface area (Å²) in [6.07, 6.45) is -4.43. The van der Waals surface area contributed by atoms with E-state index in [4.69, 9.17) is 11.6 Å². The molecular weight excluding hydrogens is 374 g/mol. The molecule has 0 atom stereocenters. The third-order valence-corrected chi connectivity index (χ3v) is 3.70. The van der Waals surface area contributed by atoms with Crippen molar-refractivity contribution in [2.45, 2.75) is 12.7 Å². The first-order chi connectivity index (χ1) is 9.77. The highest BCUT2D eigenvalue weighted by molar-refractivity contribution is 9.10. The van der Waals surface area contributed by atoms with Crippen LogP contribution in [0.3, 0.4) is 0 Å². The van der Waals surface area contributed by atoms with E-state index in [-0.39, 0.29) is 17.3 Å². The summed E-state index contributed by atoms with van der Waals surface area (Å²) in [6, 6.07) is 7.38. The normalized spacial score (nSPS) is 11.5. The third kappa shape index (κ3) is 4.11. The molecule has 0 saturated heterocycles. The molecule has 0 unspecified atom stereocenters. The van der Waals surface area contributed by atoms with E-state index in [0.29, 0.717) is 10.0 Å². The second-order valence-corrected chi connectivity index (χ2v) is 5.57. The minimum atomic E-state index is -4.43. The minimum Gasteiger partial charge on any atom is -0.380 e. The van der Waals surface area contributed by atoms with Crippen LogP contribution in [-0.2, 0) is 12.7 Å². The second kappa shape index (κ2) is 6.23. The molecule has 1 N–H and O–H groups in total. The Morgan fingerprint density at radius 3 is 2.43 bits per heavy atom. The number of alkyl halides is 3. The molecule has 112 valence electrons. The van der Waals surface area contributed by atoms with Gasteiger partial charge in [0.2, 0.25) is 0 Å². The molecule has 0 bridgehead atoms. The standard InChI is InChI=1S/C14H9BrClF4N/c15-11-4-2-9(14(18,19)20)5-13(11)21-7-8-1-3-10(16)6-12(8)17/h1-6,21H,7H2. The average Bonchev–Trinajstić information content (AvgIpc) is 2.38. The lowest BCUT2D eigenvalue weighted by Gasteiger charge is -2.13. The molecule has 0 heterocycles. The van der Waals surface area contributed by atoms with Crippen LogP contribution >= 0.6 is 27.5 Å². The Bertz CT molecular complexity index is 658. The quantitative estimate of drug-likeness (QED) is 0.654. The van der Waals surface area contributed by atoms with Gasteiger partial charge >= 0.3 is 6.18 Å². The number of hydrogen-bond acceptors (Lipinski definition) is 1. The third-order valence-electron chi connectivity index (χ3n) is 2.78. The van der Waals surface area contributed by atoms with Crippen molar-refractivity contribution in [3.05, 3.63) is 62.8 Å². The molecule has 0 saturated carbocycles. The fourth-order valence-electron chi connectivity index (χ4n) is 1.69. The lowest BCUT2D eigenvalue weighted by molar-refractivity contribution is -0.137. The second-order valence-electron chi connectivity index (χ2n) is 4.28. The van der Waals surface area contributed by atoms with Gasteiger partial charge in [-0.3, -0.25) is 0 Å². The van der Waals surface area contributed by atoms with Gasteiger partial charge in [-0.1, -0.05) is 17.7 Å². The molecule has 2 rings (SSSR count). The number of halogens is 6. The van der Waals surface area contributed by atoms with E-state index in [2.05, 4.69) is 21.2 Å². The Morgan fingerprint density at radius 2 is 1.81 bits per heavy atom. The van der Waals surface area contributed by atoms with E-state index in [1.807, 2.05) is 0 Å². The Hall–Kier alpha value is -1.27. The molecule has 0 aliphatic carbocycles. The summed E-state index contributed by atoms with van der Waals surface area (Å²) in [5.74, 6) is -0.516. The lowest BCUT2D eigenvalue weighted by atomic mass is 10.1. The minimum absolute atomic E-state index is 0.0446. The Labute approximate surface area is 132 Å². The fraction of sp³-hybridized carbons (Fsp3) is 0.143. The summed E-state index contributed by atoms with van der Waals surface area (Å²) in [4.78, 5) is 0. The number of hydrogen-bond donors (Lipinski definition) is 1. The molecule has 0 aliphatic rings. The predicted octanol–water partition coefficient (Wildman–Crippen LogP) is 5.87. The zero-order valence-electron chi connectivity index (χ0n) is 10.4. The zero-order chi connectivity index (χ0) is 15.6. The number of anilines is 1. The van der Waals surface area contributed by atoms with E-state index >= 15 is 0 Å². The highest BCUT2D eigenvalue weighted by atomic mass is 79.9. The molecule has 2 aromatic carbocycles. The smallest absolute Gasteiger partial charge is 0.380 e. The van der Waals surface area contributed by atoms with Crippen molar-refractivity contribution in [1.29, 1.82) is 0 Å². The molecule has 0 aromatic heterocycles. The van der Waals surface area contributed by atoms with Crippen LogP contribution in [0.15, 0.2) is 40.9 Å². The Balaban J connectivity index is 2.19. The van der Waals surface area contributed by atoms with Crippen molar-refractivity contribution in [2.24, 2.45) is 0 Å². The van der Waals surface area contributed by atoms with Crippen molar-refractivity contribution in [3.8, 4) is 0 Å². The van der Waals surface area contributed by atoms with Gasteiger partial charge in [0, 0.05) is 27.3 Å². The van der Waals surface area contributed by atoms with E-state index in [1.165, 1.54) is 18.2 Å². The largest absolute Gasteiger partial charge is 0.416 e. The summed E-state index contributed by atoms with van der Waals surface area (Å²) in [6.45, 7) is 0.0446. The summed E-state index contributed by atoms with van der Waals surface area (Å²) in [5.41, 5.74) is -0.229. The molecule has 0 fully saturated rings. The predicted molar refractivity (Wildman–Crippen MR) is 77.9 cm³/mol. The number of nitrogens with one attached hydrogen (secondary N) is 1. The number of rotatable bonds is 3. The first kappa shape index (κ1) is 16.1. The molecule has 2 aromatic rings. The van der Waals surface area contributed by atoms with Crippen LogP contribution in [0.25, 0.3) is 0 Å². The fourth-order valence-corrected chi connectivity index (χ4v) is 2.24. The van der Waals surface area contributed by atoms with Gasteiger partial charge in [0.15, 0.2) is 0 Å². The maximum absolute atomic E-state index is 13.6. The molecule has 0 aliphatic heterocycles. The Morgan fingerprint density at radius 1 is 1.10 bits per heavy atom. The SMILES string of the molecule is Fc1cc(Cl)ccc1CNc1cc(C(F)(F)F)ccc1Br. The molecule has 0 amide bonds. The van der Waals surface area contributed by atoms with Crippen LogP contribution in [0.1, 0.15) is 11.1 Å². The highest BCUT2D eigenvalue weighted by Crippen LogP contribution is 2.34. The molecular formula is C14H9BrClF4N. The maximum Gasteiger partial charge on any atom is 0.416 e. The van der Waals surface area contributed by atoms with Crippen molar-refractivity contribution in [2.75, 3.05) is 5.32 Å². The summed E-state index contributed by atoms with van der Waals surface area (Å²) in [5, 5.41) is 3.03. The van der Waals surface area contributed by atoms with E-state index < -0.39 is 17.6 Å². The Kier molecular flexibility index (Phi) is 4.78. The van der Waals surface area contributed by atoms with Gasteiger partial charge in [0.05, 0.1) is 5.56 Å². The first-order valence-electron chi connectivity index (χ1n) is 5.82. The van der Waals surface area contributed by atoms with E-state index in [0.717, 1.165) is 18.2 Å². The van der Waals surface area contributed by atoms with Crippen molar-refractivity contribution in [3.63, 3.8) is 0 Å². The van der Waals surface area contributed by atoms with Crippen LogP contribution in [0.4, 0.5) is 23.2 Å². The number of benzene rings is 2. The summed E-state index contributed by atoms with van der Waals surface area (Å²) in [7, 11) is 0. The van der Waals surface area contributed by atoms with Gasteiger partial charge in [-0.15, -0.1) is 0 Å². The monoisotopic (exact) mass is 381 g/mol. The van der Waals surface area contributed by atoms with E-state index in [9.17, 15) is 17.6 Å². The molecule has 7 heteroatoms. The van der Waals surface area contributed by atoms with Crippen LogP contribution in [0.2, 0.25) is 5.02 Å². The maximum atomic E-state index is 13.6. The van der Waals surface area contributed by atoms with Crippen LogP contribution in [0.5, 0.6) is 0 Å². The van der Waals surface area contributed by atoms with Crippen molar-refractivity contribution in [1.82, 2.24) is 0 Å². The molecule has 1 nitrogen and oxygen atoms in total. The van der Waals surface area contributed by atoms with Gasteiger partial charge in [-0.05, 0) is 46.3 Å². The van der Waals surface area contributed by atoms with Gasteiger partial charge in [-0.2, -0.15) is 13.2 Å². The van der Waals surface area contributed by atoms with E-state index in [1.54, 1.807) is 0 Å². The van der Waals surface area contributed by atoms with Crippen LogP contribution in [-0.4, -0.2) is 0 Å². The van der Waals surface area contributed by atoms with Crippen LogP contribution < -0.4 is 5.32 Å². The molecule has 0 radical (unpaired) electrons. The highest BCUT2D eigenvalue weighted by Gasteiger charge is 2.30. The van der Waals surface area contributed by atoms with Gasteiger partial charge in [0.25, 0.3) is 0 Å². The summed E-state index contributed by atoms with van der Waals surface area (Å²) >= 11 is 8.79. The van der Waals surface area contributed by atoms with Crippen molar-refractivity contribution < 1.29 is 17.6 Å². The zero-order valence-corrected chi connectivity index (χ0v) is 12.8. The lowest BCUT2D eigenvalue weighted by Crippen LogP contribution is -2.07.